The maximum atomic E-state index is 12.4. The molecule has 0 amide bonds. The highest BCUT2D eigenvalue weighted by molar-refractivity contribution is 7.89. The summed E-state index contributed by atoms with van der Waals surface area (Å²) in [7, 11) is -2.14. The van der Waals surface area contributed by atoms with Crippen LogP contribution in [0.4, 0.5) is 0 Å². The SMILES string of the molecule is Cc1cccc(CNS(=O)(=O)c2ccc3oc(=O)n(C)c3c2)c1. The van der Waals surface area contributed by atoms with Crippen LogP contribution in [0.15, 0.2) is 56.6 Å². The van der Waals surface area contributed by atoms with Gasteiger partial charge in [0.15, 0.2) is 5.58 Å². The summed E-state index contributed by atoms with van der Waals surface area (Å²) in [5, 5.41) is 0. The van der Waals surface area contributed by atoms with Gasteiger partial charge in [-0.15, -0.1) is 0 Å². The number of sulfonamides is 1. The number of rotatable bonds is 4. The van der Waals surface area contributed by atoms with Crippen molar-refractivity contribution < 1.29 is 12.8 Å². The highest BCUT2D eigenvalue weighted by atomic mass is 32.2. The fourth-order valence-corrected chi connectivity index (χ4v) is 3.39. The Morgan fingerprint density at radius 1 is 1.17 bits per heavy atom. The van der Waals surface area contributed by atoms with Crippen molar-refractivity contribution in [2.24, 2.45) is 7.05 Å². The lowest BCUT2D eigenvalue weighted by Gasteiger charge is -2.07. The minimum atomic E-state index is -3.68. The summed E-state index contributed by atoms with van der Waals surface area (Å²) in [4.78, 5) is 11.6. The molecular formula is C16H16N2O4S. The Hall–Kier alpha value is -2.38. The molecule has 0 spiro atoms. The van der Waals surface area contributed by atoms with Crippen LogP contribution in [0.5, 0.6) is 0 Å². The summed E-state index contributed by atoms with van der Waals surface area (Å²) in [6.45, 7) is 2.15. The molecule has 0 unspecified atom stereocenters. The van der Waals surface area contributed by atoms with E-state index in [1.165, 1.54) is 29.8 Å². The zero-order chi connectivity index (χ0) is 16.6. The first-order valence-corrected chi connectivity index (χ1v) is 8.50. The van der Waals surface area contributed by atoms with Crippen LogP contribution in [0.25, 0.3) is 11.1 Å². The van der Waals surface area contributed by atoms with Crippen LogP contribution in [-0.4, -0.2) is 13.0 Å². The zero-order valence-corrected chi connectivity index (χ0v) is 13.6. The van der Waals surface area contributed by atoms with Gasteiger partial charge in [0.2, 0.25) is 10.0 Å². The minimum Gasteiger partial charge on any atom is -0.408 e. The number of fused-ring (bicyclic) bond motifs is 1. The van der Waals surface area contributed by atoms with Crippen molar-refractivity contribution in [3.05, 3.63) is 64.1 Å². The second-order valence-electron chi connectivity index (χ2n) is 5.37. The molecule has 7 heteroatoms. The lowest BCUT2D eigenvalue weighted by atomic mass is 10.1. The fourth-order valence-electron chi connectivity index (χ4n) is 2.36. The quantitative estimate of drug-likeness (QED) is 0.791. The van der Waals surface area contributed by atoms with Crippen molar-refractivity contribution in [1.82, 2.24) is 9.29 Å². The second-order valence-corrected chi connectivity index (χ2v) is 7.14. The summed E-state index contributed by atoms with van der Waals surface area (Å²) < 4.78 is 33.7. The summed E-state index contributed by atoms with van der Waals surface area (Å²) in [5.41, 5.74) is 2.74. The highest BCUT2D eigenvalue weighted by Gasteiger charge is 2.16. The van der Waals surface area contributed by atoms with Crippen LogP contribution >= 0.6 is 0 Å². The molecule has 6 nitrogen and oxygen atoms in total. The molecule has 0 radical (unpaired) electrons. The first-order chi connectivity index (χ1) is 10.9. The van der Waals surface area contributed by atoms with Crippen LogP contribution in [0, 0.1) is 6.92 Å². The Balaban J connectivity index is 1.90. The Labute approximate surface area is 133 Å². The van der Waals surface area contributed by atoms with Gasteiger partial charge in [-0.2, -0.15) is 0 Å². The van der Waals surface area contributed by atoms with Crippen LogP contribution in [0.3, 0.4) is 0 Å². The predicted octanol–water partition coefficient (Wildman–Crippen LogP) is 1.92. The summed E-state index contributed by atoms with van der Waals surface area (Å²) in [5.74, 6) is -0.526. The normalized spacial score (nSPS) is 11.9. The van der Waals surface area contributed by atoms with Gasteiger partial charge in [-0.3, -0.25) is 4.57 Å². The molecule has 0 atom stereocenters. The van der Waals surface area contributed by atoms with E-state index in [2.05, 4.69) is 4.72 Å². The molecule has 1 N–H and O–H groups in total. The average Bonchev–Trinajstić information content (AvgIpc) is 2.80. The van der Waals surface area contributed by atoms with Gasteiger partial charge >= 0.3 is 5.76 Å². The van der Waals surface area contributed by atoms with E-state index in [1.807, 2.05) is 31.2 Å². The molecule has 2 aromatic carbocycles. The number of oxazole rings is 1. The predicted molar refractivity (Wildman–Crippen MR) is 86.7 cm³/mol. The molecule has 0 saturated heterocycles. The summed E-state index contributed by atoms with van der Waals surface area (Å²) in [6.07, 6.45) is 0. The van der Waals surface area contributed by atoms with Gasteiger partial charge in [0.1, 0.15) is 0 Å². The Bertz CT molecular complexity index is 1030. The van der Waals surface area contributed by atoms with Gasteiger partial charge < -0.3 is 4.42 Å². The van der Waals surface area contributed by atoms with Gasteiger partial charge in [0, 0.05) is 13.6 Å². The number of hydrogen-bond acceptors (Lipinski definition) is 4. The number of hydrogen-bond donors (Lipinski definition) is 1. The highest BCUT2D eigenvalue weighted by Crippen LogP contribution is 2.18. The molecule has 1 aromatic heterocycles. The van der Waals surface area contributed by atoms with E-state index in [9.17, 15) is 13.2 Å². The Morgan fingerprint density at radius 3 is 2.70 bits per heavy atom. The molecule has 0 fully saturated rings. The monoisotopic (exact) mass is 332 g/mol. The van der Waals surface area contributed by atoms with Crippen molar-refractivity contribution in [3.63, 3.8) is 0 Å². The maximum Gasteiger partial charge on any atom is 0.419 e. The van der Waals surface area contributed by atoms with E-state index < -0.39 is 15.8 Å². The lowest BCUT2D eigenvalue weighted by molar-refractivity contribution is 0.528. The van der Waals surface area contributed by atoms with Gasteiger partial charge in [0.05, 0.1) is 10.4 Å². The molecule has 1 heterocycles. The maximum absolute atomic E-state index is 12.4. The van der Waals surface area contributed by atoms with Crippen LogP contribution in [-0.2, 0) is 23.6 Å². The molecule has 3 aromatic rings. The molecule has 0 bridgehead atoms. The minimum absolute atomic E-state index is 0.0917. The number of nitrogens with zero attached hydrogens (tertiary/aromatic N) is 1. The van der Waals surface area contributed by atoms with Crippen LogP contribution in [0.2, 0.25) is 0 Å². The summed E-state index contributed by atoms with van der Waals surface area (Å²) >= 11 is 0. The molecule has 0 aliphatic heterocycles. The van der Waals surface area contributed by atoms with E-state index in [1.54, 1.807) is 0 Å². The number of benzene rings is 2. The molecule has 3 rings (SSSR count). The third-order valence-corrected chi connectivity index (χ3v) is 5.02. The largest absolute Gasteiger partial charge is 0.419 e. The van der Waals surface area contributed by atoms with Crippen molar-refractivity contribution in [2.45, 2.75) is 18.4 Å². The molecule has 23 heavy (non-hydrogen) atoms. The van der Waals surface area contributed by atoms with E-state index in [-0.39, 0.29) is 11.4 Å². The third kappa shape index (κ3) is 3.06. The van der Waals surface area contributed by atoms with Gasteiger partial charge in [-0.1, -0.05) is 29.8 Å². The van der Waals surface area contributed by atoms with E-state index in [4.69, 9.17) is 4.42 Å². The number of nitrogens with one attached hydrogen (secondary N) is 1. The lowest BCUT2D eigenvalue weighted by Crippen LogP contribution is -2.23. The van der Waals surface area contributed by atoms with Crippen LogP contribution in [0.1, 0.15) is 11.1 Å². The average molecular weight is 332 g/mol. The smallest absolute Gasteiger partial charge is 0.408 e. The number of aryl methyl sites for hydroxylation is 2. The standard InChI is InChI=1S/C16H16N2O4S/c1-11-4-3-5-12(8-11)10-17-23(20,21)13-6-7-15-14(9-13)18(2)16(19)22-15/h3-9,17H,10H2,1-2H3. The number of aromatic nitrogens is 1. The van der Waals surface area contributed by atoms with E-state index in [0.717, 1.165) is 11.1 Å². The third-order valence-electron chi connectivity index (χ3n) is 3.62. The molecule has 0 aliphatic carbocycles. The van der Waals surface area contributed by atoms with Crippen molar-refractivity contribution in [2.75, 3.05) is 0 Å². The van der Waals surface area contributed by atoms with Crippen molar-refractivity contribution >= 4 is 21.1 Å². The van der Waals surface area contributed by atoms with Gasteiger partial charge in [-0.05, 0) is 30.7 Å². The molecule has 120 valence electrons. The molecule has 0 aliphatic rings. The first kappa shape index (κ1) is 15.5. The second kappa shape index (κ2) is 5.68. The van der Waals surface area contributed by atoms with Crippen LogP contribution < -0.4 is 10.5 Å². The summed E-state index contributed by atoms with van der Waals surface area (Å²) in [6, 6.07) is 11.9. The Kier molecular flexibility index (Phi) is 3.83. The Morgan fingerprint density at radius 2 is 1.96 bits per heavy atom. The first-order valence-electron chi connectivity index (χ1n) is 7.01. The van der Waals surface area contributed by atoms with Crippen molar-refractivity contribution in [3.8, 4) is 0 Å². The zero-order valence-electron chi connectivity index (χ0n) is 12.7. The fraction of sp³-hybridized carbons (Fsp3) is 0.188. The van der Waals surface area contributed by atoms with E-state index in [0.29, 0.717) is 11.1 Å². The van der Waals surface area contributed by atoms with Gasteiger partial charge in [-0.25, -0.2) is 17.9 Å². The van der Waals surface area contributed by atoms with Crippen molar-refractivity contribution in [1.29, 1.82) is 0 Å². The molecular weight excluding hydrogens is 316 g/mol. The van der Waals surface area contributed by atoms with E-state index >= 15 is 0 Å². The van der Waals surface area contributed by atoms with Gasteiger partial charge in [0.25, 0.3) is 0 Å². The molecule has 0 saturated carbocycles. The topological polar surface area (TPSA) is 81.3 Å².